The van der Waals surface area contributed by atoms with E-state index in [1.54, 1.807) is 6.92 Å². The average Bonchev–Trinajstić information content (AvgIpc) is 2.16. The van der Waals surface area contributed by atoms with Gasteiger partial charge in [-0.25, -0.2) is 8.78 Å². The maximum Gasteiger partial charge on any atom is 0.247 e. The van der Waals surface area contributed by atoms with Gasteiger partial charge in [-0.15, -0.1) is 0 Å². The van der Waals surface area contributed by atoms with Crippen molar-refractivity contribution in [2.45, 2.75) is 77.6 Å². The maximum atomic E-state index is 12.8. The van der Waals surface area contributed by atoms with Gasteiger partial charge in [0.05, 0.1) is 0 Å². The van der Waals surface area contributed by atoms with E-state index in [1.165, 1.54) is 25.7 Å². The summed E-state index contributed by atoms with van der Waals surface area (Å²) in [5.41, 5.74) is 0. The lowest BCUT2D eigenvalue weighted by Crippen LogP contribution is -2.13. The largest absolute Gasteiger partial charge is 0.247 e. The van der Waals surface area contributed by atoms with Crippen LogP contribution in [0.15, 0.2) is 0 Å². The molecule has 0 aliphatic rings. The number of unbranched alkanes of at least 4 members (excludes halogenated alkanes) is 6. The van der Waals surface area contributed by atoms with Crippen LogP contribution in [0.5, 0.6) is 0 Å². The molecule has 0 radical (unpaired) electrons. The lowest BCUT2D eigenvalue weighted by atomic mass is 10.0. The maximum absolute atomic E-state index is 12.8. The van der Waals surface area contributed by atoms with Gasteiger partial charge in [-0.1, -0.05) is 52.4 Å². The third-order valence-electron chi connectivity index (χ3n) is 2.66. The van der Waals surface area contributed by atoms with Crippen molar-refractivity contribution in [2.75, 3.05) is 0 Å². The van der Waals surface area contributed by atoms with E-state index in [4.69, 9.17) is 0 Å². The van der Waals surface area contributed by atoms with Crippen molar-refractivity contribution < 1.29 is 8.78 Å². The highest BCUT2D eigenvalue weighted by Gasteiger charge is 2.24. The Morgan fingerprint density at radius 2 is 1.29 bits per heavy atom. The number of hydrogen-bond acceptors (Lipinski definition) is 0. The first kappa shape index (κ1) is 13.9. The summed E-state index contributed by atoms with van der Waals surface area (Å²) < 4.78 is 25.6. The first-order valence-electron chi connectivity index (χ1n) is 6.00. The Bertz CT molecular complexity index is 121. The smallest absolute Gasteiger partial charge is 0.207 e. The third kappa shape index (κ3) is 8.46. The highest BCUT2D eigenvalue weighted by Crippen LogP contribution is 2.25. The van der Waals surface area contributed by atoms with Gasteiger partial charge in [0.15, 0.2) is 0 Å². The van der Waals surface area contributed by atoms with Gasteiger partial charge in [0, 0.05) is 12.8 Å². The zero-order valence-electron chi connectivity index (χ0n) is 9.62. The topological polar surface area (TPSA) is 0 Å². The first-order chi connectivity index (χ1) is 6.62. The Kier molecular flexibility index (Phi) is 8.11. The molecule has 2 heteroatoms. The van der Waals surface area contributed by atoms with Crippen molar-refractivity contribution in [1.82, 2.24) is 0 Å². The highest BCUT2D eigenvalue weighted by molar-refractivity contribution is 4.63. The van der Waals surface area contributed by atoms with E-state index in [0.29, 0.717) is 6.42 Å². The minimum Gasteiger partial charge on any atom is -0.207 e. The van der Waals surface area contributed by atoms with E-state index in [1.807, 2.05) is 0 Å². The van der Waals surface area contributed by atoms with Crippen molar-refractivity contribution in [3.8, 4) is 0 Å². The second-order valence-corrected chi connectivity index (χ2v) is 4.08. The van der Waals surface area contributed by atoms with E-state index in [2.05, 4.69) is 6.92 Å². The van der Waals surface area contributed by atoms with Crippen LogP contribution >= 0.6 is 0 Å². The van der Waals surface area contributed by atoms with Crippen LogP contribution in [0, 0.1) is 0 Å². The Balaban J connectivity index is 3.13. The van der Waals surface area contributed by atoms with E-state index in [-0.39, 0.29) is 12.8 Å². The molecule has 0 aromatic rings. The molecule has 0 atom stereocenters. The molecule has 86 valence electrons. The Morgan fingerprint density at radius 3 is 1.79 bits per heavy atom. The summed E-state index contributed by atoms with van der Waals surface area (Å²) >= 11 is 0. The van der Waals surface area contributed by atoms with Gasteiger partial charge in [0.2, 0.25) is 5.92 Å². The molecule has 0 unspecified atom stereocenters. The van der Waals surface area contributed by atoms with Crippen LogP contribution in [0.2, 0.25) is 0 Å². The second kappa shape index (κ2) is 8.19. The van der Waals surface area contributed by atoms with Crippen molar-refractivity contribution in [3.05, 3.63) is 0 Å². The van der Waals surface area contributed by atoms with Crippen LogP contribution in [0.25, 0.3) is 0 Å². The van der Waals surface area contributed by atoms with Crippen LogP contribution in [0.4, 0.5) is 8.78 Å². The lowest BCUT2D eigenvalue weighted by Gasteiger charge is -2.12. The fraction of sp³-hybridized carbons (Fsp3) is 1.00. The number of hydrogen-bond donors (Lipinski definition) is 0. The molecule has 0 nitrogen and oxygen atoms in total. The van der Waals surface area contributed by atoms with Crippen LogP contribution in [-0.4, -0.2) is 5.92 Å². The summed E-state index contributed by atoms with van der Waals surface area (Å²) in [6.45, 7) is 3.74. The number of alkyl halides is 2. The average molecular weight is 206 g/mol. The van der Waals surface area contributed by atoms with Crippen LogP contribution in [0.3, 0.4) is 0 Å². The normalized spacial score (nSPS) is 12.0. The van der Waals surface area contributed by atoms with Crippen molar-refractivity contribution in [3.63, 3.8) is 0 Å². The molecular formula is C12H24F2. The van der Waals surface area contributed by atoms with Crippen LogP contribution in [-0.2, 0) is 0 Å². The molecule has 0 aromatic carbocycles. The van der Waals surface area contributed by atoms with E-state index < -0.39 is 5.92 Å². The summed E-state index contributed by atoms with van der Waals surface area (Å²) in [5, 5.41) is 0. The van der Waals surface area contributed by atoms with Crippen LogP contribution in [0.1, 0.15) is 71.6 Å². The van der Waals surface area contributed by atoms with Gasteiger partial charge in [-0.05, 0) is 6.42 Å². The predicted octanol–water partition coefficient (Wildman–Crippen LogP) is 5.17. The predicted molar refractivity (Wildman–Crippen MR) is 57.8 cm³/mol. The number of halogens is 2. The molecule has 0 spiro atoms. The van der Waals surface area contributed by atoms with Crippen molar-refractivity contribution in [1.29, 1.82) is 0 Å². The van der Waals surface area contributed by atoms with Crippen molar-refractivity contribution in [2.24, 2.45) is 0 Å². The molecule has 0 aliphatic carbocycles. The Hall–Kier alpha value is -0.140. The minimum atomic E-state index is -2.41. The monoisotopic (exact) mass is 206 g/mol. The molecule has 0 fully saturated rings. The van der Waals surface area contributed by atoms with Gasteiger partial charge in [-0.3, -0.25) is 0 Å². The molecule has 0 N–H and O–H groups in total. The molecule has 0 amide bonds. The zero-order chi connectivity index (χ0) is 10.9. The van der Waals surface area contributed by atoms with Gasteiger partial charge < -0.3 is 0 Å². The fourth-order valence-corrected chi connectivity index (χ4v) is 1.52. The lowest BCUT2D eigenvalue weighted by molar-refractivity contribution is -0.0137. The zero-order valence-corrected chi connectivity index (χ0v) is 9.62. The molecule has 0 bridgehead atoms. The SMILES string of the molecule is CCCCCCCCCC(F)(F)CC. The molecule has 0 aliphatic heterocycles. The molecule has 0 heterocycles. The Labute approximate surface area is 87.1 Å². The summed E-state index contributed by atoms with van der Waals surface area (Å²) in [7, 11) is 0. The standard InChI is InChI=1S/C12H24F2/c1-3-5-6-7-8-9-10-11-12(13,14)4-2/h3-11H2,1-2H3. The van der Waals surface area contributed by atoms with Gasteiger partial charge >= 0.3 is 0 Å². The first-order valence-corrected chi connectivity index (χ1v) is 6.00. The van der Waals surface area contributed by atoms with Gasteiger partial charge in [-0.2, -0.15) is 0 Å². The van der Waals surface area contributed by atoms with Gasteiger partial charge in [0.25, 0.3) is 0 Å². The minimum absolute atomic E-state index is 0.0111. The van der Waals surface area contributed by atoms with Crippen LogP contribution < -0.4 is 0 Å². The van der Waals surface area contributed by atoms with Crippen molar-refractivity contribution >= 4 is 0 Å². The fourth-order valence-electron chi connectivity index (χ4n) is 1.52. The number of rotatable bonds is 9. The molecule has 14 heavy (non-hydrogen) atoms. The highest BCUT2D eigenvalue weighted by atomic mass is 19.3. The molecule has 0 rings (SSSR count). The second-order valence-electron chi connectivity index (χ2n) is 4.08. The summed E-state index contributed by atoms with van der Waals surface area (Å²) in [6, 6.07) is 0. The quantitative estimate of drug-likeness (QED) is 0.456. The van der Waals surface area contributed by atoms with E-state index in [0.717, 1.165) is 12.8 Å². The third-order valence-corrected chi connectivity index (χ3v) is 2.66. The van der Waals surface area contributed by atoms with Gasteiger partial charge in [0.1, 0.15) is 0 Å². The summed E-state index contributed by atoms with van der Waals surface area (Å²) in [5.74, 6) is -2.41. The Morgan fingerprint density at radius 1 is 0.786 bits per heavy atom. The van der Waals surface area contributed by atoms with E-state index in [9.17, 15) is 8.78 Å². The summed E-state index contributed by atoms with van der Waals surface area (Å²) in [6.07, 6.45) is 7.86. The molecule has 0 aromatic heterocycles. The molecule has 0 saturated carbocycles. The molecular weight excluding hydrogens is 182 g/mol. The molecule has 0 saturated heterocycles. The van der Waals surface area contributed by atoms with E-state index >= 15 is 0 Å². The summed E-state index contributed by atoms with van der Waals surface area (Å²) in [4.78, 5) is 0.